The summed E-state index contributed by atoms with van der Waals surface area (Å²) in [7, 11) is 0. The lowest BCUT2D eigenvalue weighted by Crippen LogP contribution is -1.91. The average Bonchev–Trinajstić information content (AvgIpc) is 2.62. The van der Waals surface area contributed by atoms with Crippen LogP contribution in [0.5, 0.6) is 5.75 Å². The molecular formula is C19H15N3O3. The first-order valence-electron chi connectivity index (χ1n) is 7.55. The van der Waals surface area contributed by atoms with Crippen molar-refractivity contribution in [3.05, 3.63) is 88.5 Å². The van der Waals surface area contributed by atoms with E-state index >= 15 is 0 Å². The maximum absolute atomic E-state index is 10.8. The van der Waals surface area contributed by atoms with Crippen molar-refractivity contribution in [1.82, 2.24) is 0 Å². The van der Waals surface area contributed by atoms with E-state index in [1.807, 2.05) is 48.5 Å². The predicted octanol–water partition coefficient (Wildman–Crippen LogP) is 4.79. The number of hydrogen-bond donors (Lipinski definition) is 2. The summed E-state index contributed by atoms with van der Waals surface area (Å²) in [5.41, 5.74) is 2.67. The minimum atomic E-state index is -0.513. The first-order valence-corrected chi connectivity index (χ1v) is 7.55. The second-order valence-corrected chi connectivity index (χ2v) is 5.30. The van der Waals surface area contributed by atoms with Crippen molar-refractivity contribution in [2.24, 2.45) is 4.99 Å². The molecule has 0 unspecified atom stereocenters. The van der Waals surface area contributed by atoms with Crippen LogP contribution in [0.2, 0.25) is 0 Å². The van der Waals surface area contributed by atoms with Gasteiger partial charge in [0.15, 0.2) is 0 Å². The molecule has 6 nitrogen and oxygen atoms in total. The Morgan fingerprint density at radius 1 is 0.960 bits per heavy atom. The van der Waals surface area contributed by atoms with Crippen molar-refractivity contribution in [2.45, 2.75) is 0 Å². The molecule has 25 heavy (non-hydrogen) atoms. The van der Waals surface area contributed by atoms with E-state index in [1.165, 1.54) is 24.4 Å². The van der Waals surface area contributed by atoms with E-state index in [2.05, 4.69) is 10.3 Å². The van der Waals surface area contributed by atoms with Crippen LogP contribution in [-0.4, -0.2) is 16.2 Å². The van der Waals surface area contributed by atoms with Crippen molar-refractivity contribution >= 4 is 29.0 Å². The van der Waals surface area contributed by atoms with Crippen LogP contribution in [0.1, 0.15) is 5.56 Å². The fraction of sp³-hybridized carbons (Fsp3) is 0. The van der Waals surface area contributed by atoms with Gasteiger partial charge in [0.2, 0.25) is 0 Å². The summed E-state index contributed by atoms with van der Waals surface area (Å²) in [5.74, 6) is -0.0621. The lowest BCUT2D eigenvalue weighted by Gasteiger charge is -2.06. The zero-order valence-corrected chi connectivity index (χ0v) is 13.2. The van der Waals surface area contributed by atoms with Crippen LogP contribution in [0.25, 0.3) is 0 Å². The van der Waals surface area contributed by atoms with E-state index in [9.17, 15) is 15.2 Å². The molecule has 0 saturated carbocycles. The molecule has 0 atom stereocenters. The number of phenols is 1. The zero-order valence-electron chi connectivity index (χ0n) is 13.2. The quantitative estimate of drug-likeness (QED) is 0.399. The van der Waals surface area contributed by atoms with Gasteiger partial charge in [-0.3, -0.25) is 15.1 Å². The summed E-state index contributed by atoms with van der Waals surface area (Å²) in [6.45, 7) is 0. The van der Waals surface area contributed by atoms with Gasteiger partial charge in [0, 0.05) is 35.3 Å². The van der Waals surface area contributed by atoms with Crippen molar-refractivity contribution < 1.29 is 10.0 Å². The number of rotatable bonds is 5. The molecule has 2 N–H and O–H groups in total. The predicted molar refractivity (Wildman–Crippen MR) is 98.2 cm³/mol. The number of aliphatic imine (C=N–C) groups is 1. The Kier molecular flexibility index (Phi) is 4.71. The molecule has 3 aromatic rings. The molecule has 0 radical (unpaired) electrons. The maximum atomic E-state index is 10.8. The summed E-state index contributed by atoms with van der Waals surface area (Å²) in [5, 5.41) is 23.9. The third-order valence-corrected chi connectivity index (χ3v) is 3.48. The van der Waals surface area contributed by atoms with Crippen molar-refractivity contribution in [3.8, 4) is 5.75 Å². The fourth-order valence-electron chi connectivity index (χ4n) is 2.26. The number of para-hydroxylation sites is 1. The lowest BCUT2D eigenvalue weighted by atomic mass is 10.2. The van der Waals surface area contributed by atoms with Crippen molar-refractivity contribution in [2.75, 3.05) is 5.32 Å². The van der Waals surface area contributed by atoms with E-state index < -0.39 is 4.92 Å². The van der Waals surface area contributed by atoms with E-state index in [0.29, 0.717) is 5.69 Å². The Balaban J connectivity index is 1.81. The Morgan fingerprint density at radius 2 is 1.72 bits per heavy atom. The lowest BCUT2D eigenvalue weighted by molar-refractivity contribution is -0.384. The summed E-state index contributed by atoms with van der Waals surface area (Å²) in [6.07, 6.45) is 1.41. The third kappa shape index (κ3) is 4.20. The van der Waals surface area contributed by atoms with Gasteiger partial charge in [0.25, 0.3) is 5.69 Å². The number of non-ortho nitro benzene ring substituents is 1. The molecule has 0 aliphatic heterocycles. The van der Waals surface area contributed by atoms with Crippen LogP contribution in [0.15, 0.2) is 77.8 Å². The summed E-state index contributed by atoms with van der Waals surface area (Å²) in [4.78, 5) is 14.6. The van der Waals surface area contributed by atoms with Crippen molar-refractivity contribution in [1.29, 1.82) is 0 Å². The Bertz CT molecular complexity index is 924. The monoisotopic (exact) mass is 333 g/mol. The van der Waals surface area contributed by atoms with Gasteiger partial charge in [-0.1, -0.05) is 24.3 Å². The van der Waals surface area contributed by atoms with Crippen molar-refractivity contribution in [3.63, 3.8) is 0 Å². The molecule has 0 aliphatic rings. The van der Waals surface area contributed by atoms with Gasteiger partial charge < -0.3 is 10.4 Å². The average molecular weight is 333 g/mol. The number of anilines is 2. The Labute approximate surface area is 144 Å². The number of nitrogens with zero attached hydrogens (tertiary/aromatic N) is 2. The number of hydrogen-bond acceptors (Lipinski definition) is 5. The highest BCUT2D eigenvalue weighted by Crippen LogP contribution is 2.24. The van der Waals surface area contributed by atoms with Gasteiger partial charge in [-0.2, -0.15) is 0 Å². The smallest absolute Gasteiger partial charge is 0.270 e. The molecule has 0 bridgehead atoms. The number of nitro benzene ring substituents is 1. The molecule has 0 spiro atoms. The first-order chi connectivity index (χ1) is 12.1. The molecule has 3 aromatic carbocycles. The molecule has 0 fully saturated rings. The molecule has 124 valence electrons. The van der Waals surface area contributed by atoms with Gasteiger partial charge in [-0.05, 0) is 36.4 Å². The topological polar surface area (TPSA) is 87.8 Å². The van der Waals surface area contributed by atoms with Gasteiger partial charge >= 0.3 is 0 Å². The van der Waals surface area contributed by atoms with Crippen LogP contribution in [-0.2, 0) is 0 Å². The largest absolute Gasteiger partial charge is 0.507 e. The molecule has 0 amide bonds. The SMILES string of the molecule is O=[N+]([O-])c1ccc(O)c(C=Nc2cccc(Nc3ccccc3)c2)c1. The van der Waals surface area contributed by atoms with E-state index in [0.717, 1.165) is 11.4 Å². The number of phenolic OH excluding ortho intramolecular Hbond substituents is 1. The van der Waals surface area contributed by atoms with E-state index in [4.69, 9.17) is 0 Å². The third-order valence-electron chi connectivity index (χ3n) is 3.48. The van der Waals surface area contributed by atoms with E-state index in [1.54, 1.807) is 6.07 Å². The highest BCUT2D eigenvalue weighted by atomic mass is 16.6. The fourth-order valence-corrected chi connectivity index (χ4v) is 2.26. The molecule has 0 heterocycles. The minimum Gasteiger partial charge on any atom is -0.507 e. The number of nitrogens with one attached hydrogen (secondary N) is 1. The first kappa shape index (κ1) is 16.2. The van der Waals surface area contributed by atoms with Crippen LogP contribution < -0.4 is 5.32 Å². The number of aromatic hydroxyl groups is 1. The van der Waals surface area contributed by atoms with Gasteiger partial charge in [0.05, 0.1) is 10.6 Å². The second kappa shape index (κ2) is 7.27. The maximum Gasteiger partial charge on any atom is 0.270 e. The number of benzene rings is 3. The normalized spacial score (nSPS) is 10.7. The summed E-state index contributed by atoms with van der Waals surface area (Å²) in [6, 6.07) is 21.0. The van der Waals surface area contributed by atoms with Crippen LogP contribution in [0.4, 0.5) is 22.7 Å². The van der Waals surface area contributed by atoms with Crippen LogP contribution in [0.3, 0.4) is 0 Å². The van der Waals surface area contributed by atoms with Gasteiger partial charge in [-0.25, -0.2) is 0 Å². The zero-order chi connectivity index (χ0) is 17.6. The highest BCUT2D eigenvalue weighted by molar-refractivity contribution is 5.86. The Morgan fingerprint density at radius 3 is 2.48 bits per heavy atom. The van der Waals surface area contributed by atoms with Gasteiger partial charge in [0.1, 0.15) is 5.75 Å². The van der Waals surface area contributed by atoms with Crippen LogP contribution in [0, 0.1) is 10.1 Å². The second-order valence-electron chi connectivity index (χ2n) is 5.30. The standard InChI is InChI=1S/C19H15N3O3/c23-19-10-9-18(22(24)25)11-14(19)13-20-16-7-4-8-17(12-16)21-15-5-2-1-3-6-15/h1-13,21,23H. The molecule has 0 aliphatic carbocycles. The summed E-state index contributed by atoms with van der Waals surface area (Å²) >= 11 is 0. The summed E-state index contributed by atoms with van der Waals surface area (Å²) < 4.78 is 0. The van der Waals surface area contributed by atoms with Gasteiger partial charge in [-0.15, -0.1) is 0 Å². The minimum absolute atomic E-state index is 0.0621. The van der Waals surface area contributed by atoms with E-state index in [-0.39, 0.29) is 17.0 Å². The molecular weight excluding hydrogens is 318 g/mol. The Hall–Kier alpha value is -3.67. The molecule has 3 rings (SSSR count). The molecule has 6 heteroatoms. The molecule has 0 aromatic heterocycles. The number of nitro groups is 1. The molecule has 0 saturated heterocycles. The van der Waals surface area contributed by atoms with Crippen LogP contribution >= 0.6 is 0 Å². The highest BCUT2D eigenvalue weighted by Gasteiger charge is 2.08.